The van der Waals surface area contributed by atoms with Gasteiger partial charge in [-0.05, 0) is 25.1 Å². The lowest BCUT2D eigenvalue weighted by atomic mass is 10.2. The van der Waals surface area contributed by atoms with Crippen LogP contribution in [-0.2, 0) is 9.53 Å². The number of hydrogen-bond acceptors (Lipinski definition) is 4. The van der Waals surface area contributed by atoms with Crippen LogP contribution in [0.3, 0.4) is 0 Å². The van der Waals surface area contributed by atoms with Crippen molar-refractivity contribution in [3.8, 4) is 6.07 Å². The molecule has 0 amide bonds. The monoisotopic (exact) mass is 202 g/mol. The largest absolute Gasteiger partial charge is 0.463 e. The first-order valence-corrected chi connectivity index (χ1v) is 4.47. The van der Waals surface area contributed by atoms with Gasteiger partial charge in [0.1, 0.15) is 0 Å². The highest BCUT2D eigenvalue weighted by Gasteiger charge is 1.95. The van der Waals surface area contributed by atoms with Crippen LogP contribution in [0.25, 0.3) is 6.08 Å². The van der Waals surface area contributed by atoms with E-state index in [0.717, 1.165) is 0 Å². The molecule has 0 unspecified atom stereocenters. The number of ether oxygens (including phenoxy) is 1. The highest BCUT2D eigenvalue weighted by molar-refractivity contribution is 5.86. The Kier molecular flexibility index (Phi) is 4.05. The van der Waals surface area contributed by atoms with Gasteiger partial charge in [-0.2, -0.15) is 5.26 Å². The first-order valence-electron chi connectivity index (χ1n) is 4.47. The summed E-state index contributed by atoms with van der Waals surface area (Å²) in [5.41, 5.74) is 1.07. The van der Waals surface area contributed by atoms with Crippen molar-refractivity contribution >= 4 is 12.0 Å². The van der Waals surface area contributed by atoms with Crippen molar-refractivity contribution in [1.82, 2.24) is 4.98 Å². The van der Waals surface area contributed by atoms with Crippen LogP contribution in [0, 0.1) is 11.3 Å². The van der Waals surface area contributed by atoms with E-state index in [1.165, 1.54) is 18.3 Å². The molecular formula is C11H10N2O2. The molecule has 0 fully saturated rings. The zero-order chi connectivity index (χ0) is 11.1. The SMILES string of the molecule is CCOC(=O)C=Cc1cc(C#N)ccn1. The maximum absolute atomic E-state index is 11.0. The Labute approximate surface area is 87.8 Å². The molecular weight excluding hydrogens is 192 g/mol. The fourth-order valence-corrected chi connectivity index (χ4v) is 0.953. The van der Waals surface area contributed by atoms with E-state index in [-0.39, 0.29) is 0 Å². The number of carbonyl (C=O) groups excluding carboxylic acids is 1. The molecule has 1 heterocycles. The Balaban J connectivity index is 2.72. The predicted molar refractivity (Wildman–Crippen MR) is 54.6 cm³/mol. The van der Waals surface area contributed by atoms with Crippen molar-refractivity contribution in [3.63, 3.8) is 0 Å². The molecule has 0 aliphatic heterocycles. The molecule has 76 valence electrons. The van der Waals surface area contributed by atoms with Crippen molar-refractivity contribution in [2.75, 3.05) is 6.61 Å². The van der Waals surface area contributed by atoms with Crippen LogP contribution >= 0.6 is 0 Å². The molecule has 4 nitrogen and oxygen atoms in total. The molecule has 15 heavy (non-hydrogen) atoms. The summed E-state index contributed by atoms with van der Waals surface area (Å²) in [6.07, 6.45) is 4.31. The Hall–Kier alpha value is -2.15. The quantitative estimate of drug-likeness (QED) is 0.550. The summed E-state index contributed by atoms with van der Waals surface area (Å²) in [6, 6.07) is 5.18. The van der Waals surface area contributed by atoms with Crippen molar-refractivity contribution in [2.24, 2.45) is 0 Å². The minimum atomic E-state index is -0.415. The van der Waals surface area contributed by atoms with Gasteiger partial charge in [0.2, 0.25) is 0 Å². The summed E-state index contributed by atoms with van der Waals surface area (Å²) in [5.74, 6) is -0.415. The van der Waals surface area contributed by atoms with Gasteiger partial charge in [0.15, 0.2) is 0 Å². The summed E-state index contributed by atoms with van der Waals surface area (Å²) in [6.45, 7) is 2.08. The summed E-state index contributed by atoms with van der Waals surface area (Å²) >= 11 is 0. The van der Waals surface area contributed by atoms with Crippen LogP contribution < -0.4 is 0 Å². The van der Waals surface area contributed by atoms with Gasteiger partial charge >= 0.3 is 5.97 Å². The van der Waals surface area contributed by atoms with Gasteiger partial charge in [0.25, 0.3) is 0 Å². The Morgan fingerprint density at radius 1 is 1.73 bits per heavy atom. The topological polar surface area (TPSA) is 63.0 Å². The Morgan fingerprint density at radius 3 is 3.20 bits per heavy atom. The van der Waals surface area contributed by atoms with E-state index in [4.69, 9.17) is 10.00 Å². The van der Waals surface area contributed by atoms with Crippen molar-refractivity contribution in [1.29, 1.82) is 5.26 Å². The summed E-state index contributed by atoms with van der Waals surface area (Å²) < 4.78 is 4.70. The Bertz CT molecular complexity index is 419. The van der Waals surface area contributed by atoms with Crippen LogP contribution in [0.2, 0.25) is 0 Å². The van der Waals surface area contributed by atoms with E-state index in [9.17, 15) is 4.79 Å². The third-order valence-corrected chi connectivity index (χ3v) is 1.59. The number of nitriles is 1. The minimum Gasteiger partial charge on any atom is -0.463 e. The molecule has 0 bridgehead atoms. The predicted octanol–water partition coefficient (Wildman–Crippen LogP) is 1.53. The Morgan fingerprint density at radius 2 is 2.53 bits per heavy atom. The molecule has 0 N–H and O–H groups in total. The number of carbonyl (C=O) groups is 1. The number of esters is 1. The van der Waals surface area contributed by atoms with Gasteiger partial charge in [-0.1, -0.05) is 0 Å². The highest BCUT2D eigenvalue weighted by atomic mass is 16.5. The third kappa shape index (κ3) is 3.61. The molecule has 0 aliphatic carbocycles. The van der Waals surface area contributed by atoms with Gasteiger partial charge in [0, 0.05) is 12.3 Å². The molecule has 1 rings (SSSR count). The number of hydrogen-bond donors (Lipinski definition) is 0. The number of rotatable bonds is 3. The molecule has 0 saturated heterocycles. The van der Waals surface area contributed by atoms with Crippen molar-refractivity contribution < 1.29 is 9.53 Å². The molecule has 1 aromatic heterocycles. The van der Waals surface area contributed by atoms with E-state index in [2.05, 4.69) is 4.98 Å². The average Bonchev–Trinajstić information content (AvgIpc) is 2.27. The normalized spacial score (nSPS) is 9.87. The third-order valence-electron chi connectivity index (χ3n) is 1.59. The molecule has 0 radical (unpaired) electrons. The zero-order valence-electron chi connectivity index (χ0n) is 8.30. The van der Waals surface area contributed by atoms with Crippen molar-refractivity contribution in [2.45, 2.75) is 6.92 Å². The fraction of sp³-hybridized carbons (Fsp3) is 0.182. The fourth-order valence-electron chi connectivity index (χ4n) is 0.953. The van der Waals surface area contributed by atoms with E-state index < -0.39 is 5.97 Å². The van der Waals surface area contributed by atoms with Crippen LogP contribution in [-0.4, -0.2) is 17.6 Å². The lowest BCUT2D eigenvalue weighted by Crippen LogP contribution is -1.98. The second-order valence-electron chi connectivity index (χ2n) is 2.67. The van der Waals surface area contributed by atoms with Gasteiger partial charge in [0.05, 0.1) is 23.9 Å². The lowest BCUT2D eigenvalue weighted by Gasteiger charge is -1.95. The molecule has 1 aromatic rings. The number of aromatic nitrogens is 1. The maximum Gasteiger partial charge on any atom is 0.330 e. The summed E-state index contributed by atoms with van der Waals surface area (Å²) in [4.78, 5) is 14.9. The van der Waals surface area contributed by atoms with Crippen molar-refractivity contribution in [3.05, 3.63) is 35.7 Å². The van der Waals surface area contributed by atoms with E-state index in [1.54, 1.807) is 19.1 Å². The summed E-state index contributed by atoms with van der Waals surface area (Å²) in [7, 11) is 0. The van der Waals surface area contributed by atoms with E-state index >= 15 is 0 Å². The van der Waals surface area contributed by atoms with Gasteiger partial charge < -0.3 is 4.74 Å². The second kappa shape index (κ2) is 5.55. The van der Waals surface area contributed by atoms with Crippen LogP contribution in [0.5, 0.6) is 0 Å². The van der Waals surface area contributed by atoms with Crippen LogP contribution in [0.15, 0.2) is 24.4 Å². The number of pyridine rings is 1. The maximum atomic E-state index is 11.0. The first kappa shape index (κ1) is 10.9. The minimum absolute atomic E-state index is 0.342. The van der Waals surface area contributed by atoms with Crippen LogP contribution in [0.4, 0.5) is 0 Å². The average molecular weight is 202 g/mol. The molecule has 0 aromatic carbocycles. The molecule has 0 spiro atoms. The zero-order valence-corrected chi connectivity index (χ0v) is 8.30. The highest BCUT2D eigenvalue weighted by Crippen LogP contribution is 2.02. The first-order chi connectivity index (χ1) is 7.26. The van der Waals surface area contributed by atoms with E-state index in [1.807, 2.05) is 6.07 Å². The second-order valence-corrected chi connectivity index (χ2v) is 2.67. The molecule has 0 aliphatic rings. The smallest absolute Gasteiger partial charge is 0.330 e. The molecule has 0 atom stereocenters. The summed E-state index contributed by atoms with van der Waals surface area (Å²) in [5, 5.41) is 8.63. The number of nitrogens with zero attached hydrogens (tertiary/aromatic N) is 2. The van der Waals surface area contributed by atoms with Gasteiger partial charge in [-0.3, -0.25) is 4.98 Å². The standard InChI is InChI=1S/C11H10N2O2/c1-2-15-11(14)4-3-10-7-9(8-12)5-6-13-10/h3-7H,2H2,1H3. The lowest BCUT2D eigenvalue weighted by molar-refractivity contribution is -0.137. The van der Waals surface area contributed by atoms with Crippen LogP contribution in [0.1, 0.15) is 18.2 Å². The van der Waals surface area contributed by atoms with Gasteiger partial charge in [-0.25, -0.2) is 4.79 Å². The molecule has 0 saturated carbocycles. The molecule has 4 heteroatoms. The van der Waals surface area contributed by atoms with Gasteiger partial charge in [-0.15, -0.1) is 0 Å². The van der Waals surface area contributed by atoms with E-state index in [0.29, 0.717) is 17.9 Å².